The molecule has 2 heterocycles. The number of nitrogens with one attached hydrogen (secondary N) is 1. The van der Waals surface area contributed by atoms with Crippen molar-refractivity contribution in [2.45, 2.75) is 44.9 Å². The molecule has 1 aliphatic heterocycles. The van der Waals surface area contributed by atoms with Crippen molar-refractivity contribution in [3.63, 3.8) is 0 Å². The highest BCUT2D eigenvalue weighted by atomic mass is 35.5. The predicted octanol–water partition coefficient (Wildman–Crippen LogP) is 3.64. The Morgan fingerprint density at radius 2 is 1.96 bits per heavy atom. The van der Waals surface area contributed by atoms with Gasteiger partial charge < -0.3 is 20.1 Å². The summed E-state index contributed by atoms with van der Waals surface area (Å²) in [5.41, 5.74) is 2.11. The zero-order valence-electron chi connectivity index (χ0n) is 16.3. The van der Waals surface area contributed by atoms with Crippen LogP contribution < -0.4 is 10.1 Å². The Labute approximate surface area is 172 Å². The number of aliphatic hydroxyl groups excluding tert-OH is 1. The maximum absolute atomic E-state index is 10.4. The van der Waals surface area contributed by atoms with E-state index < -0.39 is 6.10 Å². The van der Waals surface area contributed by atoms with Gasteiger partial charge in [0.15, 0.2) is 0 Å². The standard InChI is InChI=1S/C22H30ClN3O2/c23-20-7-8-22(19(12-20)15-25-14-18-6-5-9-24-13-18)28-17-21(27)16-26-10-3-1-2-4-11-26/h5-9,12-13,21,25,27H,1-4,10-11,14-17H2/t21-/m0/s1. The Bertz CT molecular complexity index is 706. The molecule has 0 spiro atoms. The van der Waals surface area contributed by atoms with Gasteiger partial charge in [-0.25, -0.2) is 0 Å². The number of aromatic nitrogens is 1. The number of rotatable bonds is 9. The van der Waals surface area contributed by atoms with Crippen molar-refractivity contribution in [3.8, 4) is 5.75 Å². The van der Waals surface area contributed by atoms with Crippen LogP contribution in [0.5, 0.6) is 5.75 Å². The Kier molecular flexibility index (Phi) is 8.55. The fraction of sp³-hybridized carbons (Fsp3) is 0.500. The molecule has 2 N–H and O–H groups in total. The fourth-order valence-electron chi connectivity index (χ4n) is 3.53. The van der Waals surface area contributed by atoms with Gasteiger partial charge in [-0.05, 0) is 55.8 Å². The van der Waals surface area contributed by atoms with Gasteiger partial charge in [0.1, 0.15) is 18.5 Å². The van der Waals surface area contributed by atoms with Crippen molar-refractivity contribution >= 4 is 11.6 Å². The molecule has 1 aliphatic rings. The lowest BCUT2D eigenvalue weighted by Crippen LogP contribution is -2.36. The minimum absolute atomic E-state index is 0.285. The number of β-amino-alcohol motifs (C(OH)–C–C–N with tert-alkyl or cyclic N) is 1. The largest absolute Gasteiger partial charge is 0.491 e. The van der Waals surface area contributed by atoms with Gasteiger partial charge in [0.25, 0.3) is 0 Å². The summed E-state index contributed by atoms with van der Waals surface area (Å²) in [4.78, 5) is 6.47. The van der Waals surface area contributed by atoms with E-state index in [0.717, 1.165) is 36.5 Å². The fourth-order valence-corrected chi connectivity index (χ4v) is 3.72. The maximum Gasteiger partial charge on any atom is 0.124 e. The molecule has 2 aromatic rings. The molecule has 0 bridgehead atoms. The summed E-state index contributed by atoms with van der Waals surface area (Å²) in [7, 11) is 0. The van der Waals surface area contributed by atoms with E-state index in [0.29, 0.717) is 18.1 Å². The molecule has 1 aromatic heterocycles. The van der Waals surface area contributed by atoms with Crippen LogP contribution in [0.2, 0.25) is 5.02 Å². The molecule has 0 saturated carbocycles. The lowest BCUT2D eigenvalue weighted by molar-refractivity contribution is 0.0690. The summed E-state index contributed by atoms with van der Waals surface area (Å²) in [5.74, 6) is 0.762. The first-order valence-electron chi connectivity index (χ1n) is 10.1. The topological polar surface area (TPSA) is 57.6 Å². The van der Waals surface area contributed by atoms with Gasteiger partial charge in [-0.15, -0.1) is 0 Å². The Morgan fingerprint density at radius 3 is 2.71 bits per heavy atom. The van der Waals surface area contributed by atoms with Gasteiger partial charge in [0.05, 0.1) is 0 Å². The van der Waals surface area contributed by atoms with Crippen LogP contribution in [-0.2, 0) is 13.1 Å². The van der Waals surface area contributed by atoms with Gasteiger partial charge in [0, 0.05) is 42.6 Å². The summed E-state index contributed by atoms with van der Waals surface area (Å²) in [6.07, 6.45) is 8.15. The van der Waals surface area contributed by atoms with Gasteiger partial charge >= 0.3 is 0 Å². The molecule has 0 radical (unpaired) electrons. The average Bonchev–Trinajstić information content (AvgIpc) is 2.97. The number of nitrogens with zero attached hydrogens (tertiary/aromatic N) is 2. The van der Waals surface area contributed by atoms with E-state index in [4.69, 9.17) is 16.3 Å². The molecular formula is C22H30ClN3O2. The zero-order valence-corrected chi connectivity index (χ0v) is 17.1. The first-order chi connectivity index (χ1) is 13.7. The minimum atomic E-state index is -0.495. The summed E-state index contributed by atoms with van der Waals surface area (Å²) >= 11 is 6.17. The van der Waals surface area contributed by atoms with E-state index in [1.165, 1.54) is 25.7 Å². The molecule has 1 atom stereocenters. The normalized spacial score (nSPS) is 16.5. The Morgan fingerprint density at radius 1 is 1.14 bits per heavy atom. The van der Waals surface area contributed by atoms with Crippen molar-refractivity contribution in [2.24, 2.45) is 0 Å². The van der Waals surface area contributed by atoms with Crippen LogP contribution >= 0.6 is 11.6 Å². The molecule has 0 unspecified atom stereocenters. The average molecular weight is 404 g/mol. The minimum Gasteiger partial charge on any atom is -0.491 e. The van der Waals surface area contributed by atoms with Crippen molar-refractivity contribution in [1.82, 2.24) is 15.2 Å². The number of halogens is 1. The first kappa shape index (κ1) is 21.1. The third kappa shape index (κ3) is 7.06. The molecule has 1 aromatic carbocycles. The first-order valence-corrected chi connectivity index (χ1v) is 10.5. The third-order valence-corrected chi connectivity index (χ3v) is 5.22. The van der Waals surface area contributed by atoms with Crippen LogP contribution in [-0.4, -0.2) is 47.3 Å². The molecule has 1 saturated heterocycles. The molecule has 0 aliphatic carbocycles. The van der Waals surface area contributed by atoms with E-state index >= 15 is 0 Å². The monoisotopic (exact) mass is 403 g/mol. The van der Waals surface area contributed by atoms with Crippen molar-refractivity contribution in [1.29, 1.82) is 0 Å². The smallest absolute Gasteiger partial charge is 0.124 e. The second-order valence-corrected chi connectivity index (χ2v) is 7.83. The molecule has 6 heteroatoms. The molecule has 5 nitrogen and oxygen atoms in total. The summed E-state index contributed by atoms with van der Waals surface area (Å²) in [5, 5.41) is 14.5. The summed E-state index contributed by atoms with van der Waals surface area (Å²) in [6, 6.07) is 9.57. The van der Waals surface area contributed by atoms with Crippen LogP contribution in [0.1, 0.15) is 36.8 Å². The van der Waals surface area contributed by atoms with E-state index in [-0.39, 0.29) is 6.61 Å². The third-order valence-electron chi connectivity index (χ3n) is 4.99. The predicted molar refractivity (Wildman–Crippen MR) is 113 cm³/mol. The van der Waals surface area contributed by atoms with Crippen LogP contribution in [0.3, 0.4) is 0 Å². The van der Waals surface area contributed by atoms with Crippen LogP contribution in [0.4, 0.5) is 0 Å². The van der Waals surface area contributed by atoms with Crippen LogP contribution in [0.25, 0.3) is 0 Å². The van der Waals surface area contributed by atoms with Crippen molar-refractivity contribution in [2.75, 3.05) is 26.2 Å². The van der Waals surface area contributed by atoms with E-state index in [1.54, 1.807) is 6.20 Å². The highest BCUT2D eigenvalue weighted by molar-refractivity contribution is 6.30. The van der Waals surface area contributed by atoms with Gasteiger partial charge in [-0.2, -0.15) is 0 Å². The Hall–Kier alpha value is -1.66. The lowest BCUT2D eigenvalue weighted by Gasteiger charge is -2.23. The molecule has 0 amide bonds. The van der Waals surface area contributed by atoms with Crippen molar-refractivity contribution in [3.05, 3.63) is 58.9 Å². The summed E-state index contributed by atoms with van der Waals surface area (Å²) in [6.45, 7) is 4.45. The number of ether oxygens (including phenoxy) is 1. The SMILES string of the molecule is O[C@H](COc1ccc(Cl)cc1CNCc1cccnc1)CN1CCCCCC1. The van der Waals surface area contributed by atoms with E-state index in [1.807, 2.05) is 36.5 Å². The zero-order chi connectivity index (χ0) is 19.6. The number of hydrogen-bond acceptors (Lipinski definition) is 5. The van der Waals surface area contributed by atoms with Crippen LogP contribution in [0, 0.1) is 0 Å². The van der Waals surface area contributed by atoms with Crippen LogP contribution in [0.15, 0.2) is 42.7 Å². The highest BCUT2D eigenvalue weighted by Gasteiger charge is 2.15. The lowest BCUT2D eigenvalue weighted by atomic mass is 10.2. The number of benzene rings is 1. The summed E-state index contributed by atoms with van der Waals surface area (Å²) < 4.78 is 5.94. The van der Waals surface area contributed by atoms with Gasteiger partial charge in [-0.3, -0.25) is 4.98 Å². The molecular weight excluding hydrogens is 374 g/mol. The number of likely N-dealkylation sites (tertiary alicyclic amines) is 1. The number of aliphatic hydroxyl groups is 1. The second-order valence-electron chi connectivity index (χ2n) is 7.40. The van der Waals surface area contributed by atoms with Crippen molar-refractivity contribution < 1.29 is 9.84 Å². The number of pyridine rings is 1. The Balaban J connectivity index is 1.50. The molecule has 28 heavy (non-hydrogen) atoms. The molecule has 1 fully saturated rings. The highest BCUT2D eigenvalue weighted by Crippen LogP contribution is 2.23. The van der Waals surface area contributed by atoms with E-state index in [2.05, 4.69) is 15.2 Å². The van der Waals surface area contributed by atoms with Gasteiger partial charge in [0.2, 0.25) is 0 Å². The maximum atomic E-state index is 10.4. The number of hydrogen-bond donors (Lipinski definition) is 2. The van der Waals surface area contributed by atoms with E-state index in [9.17, 15) is 5.11 Å². The molecule has 152 valence electrons. The second kappa shape index (κ2) is 11.4. The molecule has 3 rings (SSSR count). The van der Waals surface area contributed by atoms with Gasteiger partial charge in [-0.1, -0.05) is 30.5 Å². The quantitative estimate of drug-likeness (QED) is 0.669.